The van der Waals surface area contributed by atoms with Gasteiger partial charge in [0.1, 0.15) is 5.82 Å². The second-order valence-electron chi connectivity index (χ2n) is 8.34. The van der Waals surface area contributed by atoms with Crippen molar-refractivity contribution in [2.45, 2.75) is 44.5 Å². The summed E-state index contributed by atoms with van der Waals surface area (Å²) in [5.74, 6) is 2.27. The minimum Gasteiger partial charge on any atom is -0.357 e. The molecule has 0 bridgehead atoms. The summed E-state index contributed by atoms with van der Waals surface area (Å²) < 4.78 is 0. The predicted molar refractivity (Wildman–Crippen MR) is 129 cm³/mol. The van der Waals surface area contributed by atoms with Gasteiger partial charge in [-0.3, -0.25) is 4.79 Å². The number of likely N-dealkylation sites (N-methyl/N-ethyl adjacent to an activating group) is 1. The highest BCUT2D eigenvalue weighted by molar-refractivity contribution is 7.98. The lowest BCUT2D eigenvalue weighted by Crippen LogP contribution is -2.47. The van der Waals surface area contributed by atoms with Crippen molar-refractivity contribution < 1.29 is 4.79 Å². The highest BCUT2D eigenvalue weighted by atomic mass is 32.2. The van der Waals surface area contributed by atoms with Gasteiger partial charge < -0.3 is 14.7 Å². The average molecular weight is 442 g/mol. The summed E-state index contributed by atoms with van der Waals surface area (Å²) in [5.41, 5.74) is 3.01. The number of hydrogen-bond donors (Lipinski definition) is 0. The number of thioether (sulfide) groups is 1. The number of anilines is 1. The molecule has 0 spiro atoms. The second-order valence-corrected chi connectivity index (χ2v) is 9.28. The quantitative estimate of drug-likeness (QED) is 0.454. The molecule has 3 rings (SSSR count). The highest BCUT2D eigenvalue weighted by Crippen LogP contribution is 2.26. The third kappa shape index (κ3) is 6.20. The molecular weight excluding hydrogens is 406 g/mol. The fourth-order valence-corrected chi connectivity index (χ4v) is 4.40. The monoisotopic (exact) mass is 441 g/mol. The topological polar surface area (TPSA) is 52.6 Å². The molecule has 31 heavy (non-hydrogen) atoms. The smallest absolute Gasteiger partial charge is 0.253 e. The number of carbonyl (C=O) groups excluding carboxylic acids is 1. The van der Waals surface area contributed by atoms with E-state index in [2.05, 4.69) is 50.6 Å². The van der Waals surface area contributed by atoms with Crippen LogP contribution in [0.4, 0.5) is 5.82 Å². The van der Waals surface area contributed by atoms with Crippen LogP contribution in [0.3, 0.4) is 0 Å². The van der Waals surface area contributed by atoms with Crippen LogP contribution in [-0.2, 0) is 5.75 Å². The van der Waals surface area contributed by atoms with Gasteiger partial charge in [-0.2, -0.15) is 0 Å². The lowest BCUT2D eigenvalue weighted by atomic mass is 10.1. The molecule has 2 aromatic rings. The molecule has 0 radical (unpaired) electrons. The third-order valence-corrected chi connectivity index (χ3v) is 6.67. The normalized spacial score (nSPS) is 14.8. The van der Waals surface area contributed by atoms with Crippen LogP contribution in [0.15, 0.2) is 35.5 Å². The number of carbonyl (C=O) groups is 1. The highest BCUT2D eigenvalue weighted by Gasteiger charge is 2.20. The van der Waals surface area contributed by atoms with Crippen molar-refractivity contribution in [3.8, 4) is 0 Å². The van der Waals surface area contributed by atoms with Gasteiger partial charge in [0.05, 0.1) is 0 Å². The van der Waals surface area contributed by atoms with Crippen molar-refractivity contribution in [3.05, 3.63) is 47.2 Å². The minimum absolute atomic E-state index is 0.129. The summed E-state index contributed by atoms with van der Waals surface area (Å²) >= 11 is 1.65. The average Bonchev–Trinajstić information content (AvgIpc) is 2.79. The molecule has 2 heterocycles. The van der Waals surface area contributed by atoms with Crippen LogP contribution >= 0.6 is 11.8 Å². The van der Waals surface area contributed by atoms with Crippen LogP contribution in [0, 0.1) is 0 Å². The summed E-state index contributed by atoms with van der Waals surface area (Å²) in [6, 6.07) is 10.1. The Morgan fingerprint density at radius 3 is 2.29 bits per heavy atom. The second kappa shape index (κ2) is 11.0. The molecule has 1 aliphatic rings. The van der Waals surface area contributed by atoms with E-state index in [9.17, 15) is 4.79 Å². The molecule has 0 saturated carbocycles. The lowest BCUT2D eigenvalue weighted by Gasteiger charge is -2.32. The van der Waals surface area contributed by atoms with Crippen molar-refractivity contribution >= 4 is 23.5 Å². The van der Waals surface area contributed by atoms with Gasteiger partial charge in [0.15, 0.2) is 5.16 Å². The van der Waals surface area contributed by atoms with Crippen LogP contribution in [-0.4, -0.2) is 72.0 Å². The van der Waals surface area contributed by atoms with E-state index in [0.717, 1.165) is 67.3 Å². The molecule has 1 amide bonds. The largest absolute Gasteiger partial charge is 0.357 e. The number of piperazine rings is 1. The zero-order valence-electron chi connectivity index (χ0n) is 19.5. The van der Waals surface area contributed by atoms with E-state index in [0.29, 0.717) is 5.92 Å². The van der Waals surface area contributed by atoms with Gasteiger partial charge in [-0.25, -0.2) is 9.97 Å². The number of rotatable bonds is 8. The number of nitrogens with zero attached hydrogens (tertiary/aromatic N) is 5. The van der Waals surface area contributed by atoms with Gasteiger partial charge in [-0.15, -0.1) is 0 Å². The lowest BCUT2D eigenvalue weighted by molar-refractivity contribution is 0.0664. The third-order valence-electron chi connectivity index (χ3n) is 5.75. The maximum Gasteiger partial charge on any atom is 0.253 e. The van der Waals surface area contributed by atoms with Crippen LogP contribution in [0.1, 0.15) is 55.2 Å². The number of aromatic nitrogens is 2. The summed E-state index contributed by atoms with van der Waals surface area (Å²) in [7, 11) is 2.10. The minimum atomic E-state index is 0.129. The maximum absolute atomic E-state index is 12.7. The van der Waals surface area contributed by atoms with Gasteiger partial charge in [-0.1, -0.05) is 37.7 Å². The first kappa shape index (κ1) is 23.5. The zero-order chi connectivity index (χ0) is 22.4. The summed E-state index contributed by atoms with van der Waals surface area (Å²) in [5, 5.41) is 0.811. The van der Waals surface area contributed by atoms with Crippen molar-refractivity contribution in [1.82, 2.24) is 19.8 Å². The van der Waals surface area contributed by atoms with E-state index in [1.54, 1.807) is 11.8 Å². The van der Waals surface area contributed by atoms with E-state index in [1.165, 1.54) is 5.56 Å². The van der Waals surface area contributed by atoms with E-state index in [1.807, 2.05) is 29.2 Å². The van der Waals surface area contributed by atoms with Crippen LogP contribution in [0.25, 0.3) is 0 Å². The molecule has 0 unspecified atom stereocenters. The molecule has 1 aromatic heterocycles. The Labute approximate surface area is 191 Å². The molecule has 6 nitrogen and oxygen atoms in total. The summed E-state index contributed by atoms with van der Waals surface area (Å²) in [6.07, 6.45) is 0. The first-order valence-corrected chi connectivity index (χ1v) is 12.2. The first-order chi connectivity index (χ1) is 14.9. The molecule has 0 N–H and O–H groups in total. The van der Waals surface area contributed by atoms with Crippen molar-refractivity contribution in [2.75, 3.05) is 51.2 Å². The van der Waals surface area contributed by atoms with Gasteiger partial charge in [0.25, 0.3) is 5.91 Å². The Bertz CT molecular complexity index is 859. The SMILES string of the molecule is CCN(CC)c1cc(C(C)C)nc(SCc2ccc(C(=O)N3CCN(C)CC3)cc2)n1. The number of amides is 1. The Morgan fingerprint density at radius 2 is 1.71 bits per heavy atom. The van der Waals surface area contributed by atoms with Crippen LogP contribution in [0.2, 0.25) is 0 Å². The van der Waals surface area contributed by atoms with Crippen molar-refractivity contribution in [3.63, 3.8) is 0 Å². The molecule has 0 aliphatic carbocycles. The molecule has 1 fully saturated rings. The Balaban J connectivity index is 1.66. The molecule has 0 atom stereocenters. The Kier molecular flexibility index (Phi) is 8.32. The van der Waals surface area contributed by atoms with Crippen molar-refractivity contribution in [2.24, 2.45) is 0 Å². The zero-order valence-corrected chi connectivity index (χ0v) is 20.3. The summed E-state index contributed by atoms with van der Waals surface area (Å²) in [4.78, 5) is 28.8. The number of hydrogen-bond acceptors (Lipinski definition) is 6. The van der Waals surface area contributed by atoms with E-state index in [-0.39, 0.29) is 5.91 Å². The Hall–Kier alpha value is -2.12. The fourth-order valence-electron chi connectivity index (χ4n) is 3.58. The van der Waals surface area contributed by atoms with Crippen LogP contribution < -0.4 is 4.90 Å². The van der Waals surface area contributed by atoms with Gasteiger partial charge in [-0.05, 0) is 44.5 Å². The van der Waals surface area contributed by atoms with E-state index in [4.69, 9.17) is 9.97 Å². The number of benzene rings is 1. The van der Waals surface area contributed by atoms with Gasteiger partial charge >= 0.3 is 0 Å². The standard InChI is InChI=1S/C24H35N5OS/c1-6-28(7-2)22-16-21(18(3)4)25-24(26-22)31-17-19-8-10-20(11-9-19)23(30)29-14-12-27(5)13-15-29/h8-11,16,18H,6-7,12-15,17H2,1-5H3. The van der Waals surface area contributed by atoms with E-state index >= 15 is 0 Å². The summed E-state index contributed by atoms with van der Waals surface area (Å²) in [6.45, 7) is 14.0. The fraction of sp³-hybridized carbons (Fsp3) is 0.542. The van der Waals surface area contributed by atoms with Crippen molar-refractivity contribution in [1.29, 1.82) is 0 Å². The molecular formula is C24H35N5OS. The molecule has 1 aliphatic heterocycles. The van der Waals surface area contributed by atoms with Crippen LogP contribution in [0.5, 0.6) is 0 Å². The van der Waals surface area contributed by atoms with Gasteiger partial charge in [0, 0.05) is 62.3 Å². The Morgan fingerprint density at radius 1 is 1.06 bits per heavy atom. The van der Waals surface area contributed by atoms with E-state index < -0.39 is 0 Å². The first-order valence-electron chi connectivity index (χ1n) is 11.2. The molecule has 7 heteroatoms. The van der Waals surface area contributed by atoms with Gasteiger partial charge in [0.2, 0.25) is 0 Å². The molecule has 1 aromatic carbocycles. The predicted octanol–water partition coefficient (Wildman–Crippen LogP) is 4.13. The maximum atomic E-state index is 12.7. The molecule has 168 valence electrons. The molecule has 1 saturated heterocycles.